The van der Waals surface area contributed by atoms with Gasteiger partial charge in [-0.25, -0.2) is 5.43 Å². The quantitative estimate of drug-likeness (QED) is 0.406. The smallest absolute Gasteiger partial charge is 0.277 e. The molecule has 0 bridgehead atoms. The molecule has 0 aliphatic heterocycles. The lowest BCUT2D eigenvalue weighted by Crippen LogP contribution is -2.24. The van der Waals surface area contributed by atoms with Gasteiger partial charge in [0.1, 0.15) is 5.75 Å². The Kier molecular flexibility index (Phi) is 7.15. The highest BCUT2D eigenvalue weighted by atomic mass is 79.9. The van der Waals surface area contributed by atoms with Crippen LogP contribution >= 0.6 is 15.9 Å². The number of halogens is 1. The summed E-state index contributed by atoms with van der Waals surface area (Å²) < 4.78 is 6.25. The van der Waals surface area contributed by atoms with Crippen LogP contribution in [0.3, 0.4) is 0 Å². The number of ether oxygens (including phenoxy) is 1. The van der Waals surface area contributed by atoms with Crippen LogP contribution in [0.1, 0.15) is 5.56 Å². The van der Waals surface area contributed by atoms with Crippen molar-refractivity contribution in [2.24, 2.45) is 5.10 Å². The van der Waals surface area contributed by atoms with Crippen LogP contribution in [-0.4, -0.2) is 18.7 Å². The summed E-state index contributed by atoms with van der Waals surface area (Å²) in [5.41, 5.74) is 5.71. The number of hydrogen-bond acceptors (Lipinski definition) is 3. The average Bonchev–Trinajstić information content (AvgIpc) is 2.74. The average molecular weight is 435 g/mol. The summed E-state index contributed by atoms with van der Waals surface area (Å²) in [5.74, 6) is 0.298. The van der Waals surface area contributed by atoms with E-state index >= 15 is 0 Å². The van der Waals surface area contributed by atoms with E-state index in [0.29, 0.717) is 5.75 Å². The van der Waals surface area contributed by atoms with E-state index in [-0.39, 0.29) is 12.5 Å². The number of benzene rings is 3. The zero-order chi connectivity index (χ0) is 19.6. The van der Waals surface area contributed by atoms with Crippen LogP contribution < -0.4 is 10.2 Å². The zero-order valence-corrected chi connectivity index (χ0v) is 16.7. The maximum atomic E-state index is 11.9. The largest absolute Gasteiger partial charge is 0.484 e. The van der Waals surface area contributed by atoms with Crippen molar-refractivity contribution in [1.29, 1.82) is 0 Å². The van der Waals surface area contributed by atoms with Gasteiger partial charge in [0.2, 0.25) is 0 Å². The van der Waals surface area contributed by atoms with E-state index in [1.165, 1.54) is 6.21 Å². The number of carbonyl (C=O) groups excluding carboxylic acids is 1. The van der Waals surface area contributed by atoms with Crippen LogP contribution in [0.15, 0.2) is 94.5 Å². The van der Waals surface area contributed by atoms with Gasteiger partial charge in [-0.15, -0.1) is 0 Å². The first-order chi connectivity index (χ1) is 13.7. The highest BCUT2D eigenvalue weighted by Crippen LogP contribution is 2.21. The Morgan fingerprint density at radius 1 is 0.893 bits per heavy atom. The molecule has 3 aromatic rings. The van der Waals surface area contributed by atoms with E-state index in [2.05, 4.69) is 26.5 Å². The Labute approximate surface area is 172 Å². The Morgan fingerprint density at radius 2 is 1.50 bits per heavy atom. The van der Waals surface area contributed by atoms with Crippen molar-refractivity contribution in [2.45, 2.75) is 0 Å². The molecule has 3 rings (SSSR count). The minimum Gasteiger partial charge on any atom is -0.484 e. The van der Waals surface area contributed by atoms with E-state index in [1.807, 2.05) is 91.0 Å². The molecule has 4 nitrogen and oxygen atoms in total. The predicted octanol–water partition coefficient (Wildman–Crippen LogP) is 5.27. The van der Waals surface area contributed by atoms with Gasteiger partial charge in [0.05, 0.1) is 6.21 Å². The molecule has 5 heteroatoms. The first-order valence-corrected chi connectivity index (χ1v) is 9.52. The molecule has 0 radical (unpaired) electrons. The fourth-order valence-electron chi connectivity index (χ4n) is 2.47. The lowest BCUT2D eigenvalue weighted by atomic mass is 10.1. The molecule has 0 fully saturated rings. The molecule has 1 amide bonds. The lowest BCUT2D eigenvalue weighted by molar-refractivity contribution is -0.123. The zero-order valence-electron chi connectivity index (χ0n) is 15.1. The second-order valence-corrected chi connectivity index (χ2v) is 6.83. The maximum Gasteiger partial charge on any atom is 0.277 e. The number of nitrogens with one attached hydrogen (secondary N) is 1. The molecule has 0 spiro atoms. The fraction of sp³-hybridized carbons (Fsp3) is 0.0435. The first-order valence-electron chi connectivity index (χ1n) is 8.73. The minimum absolute atomic E-state index is 0.109. The number of carbonyl (C=O) groups is 1. The molecule has 0 heterocycles. The molecule has 0 atom stereocenters. The third kappa shape index (κ3) is 6.21. The first kappa shape index (κ1) is 19.6. The van der Waals surface area contributed by atoms with E-state index in [0.717, 1.165) is 21.2 Å². The summed E-state index contributed by atoms with van der Waals surface area (Å²) in [5, 5.41) is 3.91. The summed E-state index contributed by atoms with van der Waals surface area (Å²) in [6.07, 6.45) is 3.43. The van der Waals surface area contributed by atoms with Gasteiger partial charge in [0, 0.05) is 4.48 Å². The van der Waals surface area contributed by atoms with Crippen molar-refractivity contribution in [2.75, 3.05) is 6.61 Å². The predicted molar refractivity (Wildman–Crippen MR) is 117 cm³/mol. The standard InChI is InChI=1S/C23H19BrN2O2/c24-21(15-18-7-3-1-4-8-18)16-25-26-23(27)17-28-22-13-11-20(12-14-22)19-9-5-2-6-10-19/h1-16H,17H2,(H,26,27)/b21-15-,25-16+. The minimum atomic E-state index is -0.330. The maximum absolute atomic E-state index is 11.9. The van der Waals surface area contributed by atoms with Crippen molar-refractivity contribution < 1.29 is 9.53 Å². The van der Waals surface area contributed by atoms with Crippen molar-refractivity contribution >= 4 is 34.1 Å². The van der Waals surface area contributed by atoms with Gasteiger partial charge >= 0.3 is 0 Å². The van der Waals surface area contributed by atoms with Crippen LogP contribution in [0.5, 0.6) is 5.75 Å². The normalized spacial score (nSPS) is 11.4. The highest BCUT2D eigenvalue weighted by molar-refractivity contribution is 9.12. The molecule has 0 aliphatic carbocycles. The van der Waals surface area contributed by atoms with Crippen molar-refractivity contribution in [3.8, 4) is 16.9 Å². The van der Waals surface area contributed by atoms with E-state index in [4.69, 9.17) is 4.74 Å². The summed E-state index contributed by atoms with van der Waals surface area (Å²) in [6.45, 7) is -0.109. The molecule has 28 heavy (non-hydrogen) atoms. The fourth-order valence-corrected chi connectivity index (χ4v) is 2.83. The summed E-state index contributed by atoms with van der Waals surface area (Å²) in [7, 11) is 0. The molecule has 0 saturated heterocycles. The van der Waals surface area contributed by atoms with Crippen molar-refractivity contribution in [3.05, 3.63) is 95.0 Å². The van der Waals surface area contributed by atoms with Gasteiger partial charge in [-0.3, -0.25) is 4.79 Å². The van der Waals surface area contributed by atoms with Gasteiger partial charge in [0.15, 0.2) is 6.61 Å². The molecular formula is C23H19BrN2O2. The van der Waals surface area contributed by atoms with Crippen LogP contribution in [0.4, 0.5) is 0 Å². The van der Waals surface area contributed by atoms with E-state index in [9.17, 15) is 4.79 Å². The van der Waals surface area contributed by atoms with E-state index < -0.39 is 0 Å². The molecule has 0 aromatic heterocycles. The second-order valence-electron chi connectivity index (χ2n) is 5.91. The molecule has 0 unspecified atom stereocenters. The Balaban J connectivity index is 1.46. The third-order valence-electron chi connectivity index (χ3n) is 3.81. The number of amides is 1. The summed E-state index contributed by atoms with van der Waals surface area (Å²) >= 11 is 3.40. The Bertz CT molecular complexity index is 953. The SMILES string of the molecule is O=C(COc1ccc(-c2ccccc2)cc1)N/N=C/C(Br)=C/c1ccccc1. The monoisotopic (exact) mass is 434 g/mol. The molecule has 0 saturated carbocycles. The lowest BCUT2D eigenvalue weighted by Gasteiger charge is -2.06. The van der Waals surface area contributed by atoms with E-state index in [1.54, 1.807) is 0 Å². The van der Waals surface area contributed by atoms with Crippen LogP contribution in [0.2, 0.25) is 0 Å². The van der Waals surface area contributed by atoms with Gasteiger partial charge in [0.25, 0.3) is 5.91 Å². The van der Waals surface area contributed by atoms with Crippen molar-refractivity contribution in [1.82, 2.24) is 5.43 Å². The summed E-state index contributed by atoms with van der Waals surface area (Å²) in [4.78, 5) is 11.9. The molecule has 1 N–H and O–H groups in total. The molecule has 0 aliphatic rings. The molecular weight excluding hydrogens is 416 g/mol. The third-order valence-corrected chi connectivity index (χ3v) is 4.25. The number of allylic oxidation sites excluding steroid dienone is 1. The number of hydrazone groups is 1. The molecule has 3 aromatic carbocycles. The second kappa shape index (κ2) is 10.2. The number of hydrogen-bond donors (Lipinski definition) is 1. The van der Waals surface area contributed by atoms with Gasteiger partial charge in [-0.2, -0.15) is 5.10 Å². The van der Waals surface area contributed by atoms with Gasteiger partial charge < -0.3 is 4.74 Å². The van der Waals surface area contributed by atoms with Gasteiger partial charge in [-0.05, 0) is 50.8 Å². The van der Waals surface area contributed by atoms with Crippen molar-refractivity contribution in [3.63, 3.8) is 0 Å². The summed E-state index contributed by atoms with van der Waals surface area (Å²) in [6, 6.07) is 27.5. The number of nitrogens with zero attached hydrogens (tertiary/aromatic N) is 1. The van der Waals surface area contributed by atoms with Gasteiger partial charge in [-0.1, -0.05) is 72.8 Å². The Morgan fingerprint density at radius 3 is 2.18 bits per heavy atom. The topological polar surface area (TPSA) is 50.7 Å². The van der Waals surface area contributed by atoms with Crippen LogP contribution in [0.25, 0.3) is 17.2 Å². The van der Waals surface area contributed by atoms with Crippen LogP contribution in [-0.2, 0) is 4.79 Å². The highest BCUT2D eigenvalue weighted by Gasteiger charge is 2.02. The number of rotatable bonds is 7. The Hall–Kier alpha value is -3.18. The van der Waals surface area contributed by atoms with Crippen LogP contribution in [0, 0.1) is 0 Å². The molecule has 140 valence electrons.